The smallest absolute Gasteiger partial charge is 0.335 e. The first kappa shape index (κ1) is 10.7. The number of amidine groups is 1. The normalized spacial score (nSPS) is 17.5. The summed E-state index contributed by atoms with van der Waals surface area (Å²) in [5, 5.41) is 11.2. The Morgan fingerprint density at radius 2 is 2.06 bits per heavy atom. The molecule has 1 aromatic rings. The predicted molar refractivity (Wildman–Crippen MR) is 61.5 cm³/mol. The topological polar surface area (TPSA) is 78.8 Å². The maximum absolute atomic E-state index is 10.9. The largest absolute Gasteiger partial charge is 0.478 e. The molecule has 5 nitrogen and oxygen atoms in total. The molecule has 0 aromatic heterocycles. The molecule has 1 aliphatic rings. The third-order valence-electron chi connectivity index (χ3n) is 1.96. The van der Waals surface area contributed by atoms with Crippen LogP contribution in [0.4, 0.5) is 10.5 Å². The molecule has 0 bridgehead atoms. The number of hydrogen-bond acceptors (Lipinski definition) is 4. The second-order valence-electron chi connectivity index (χ2n) is 3.11. The van der Waals surface area contributed by atoms with E-state index in [1.807, 2.05) is 0 Å². The molecule has 0 radical (unpaired) electrons. The lowest BCUT2D eigenvalue weighted by molar-refractivity contribution is 0.0697. The highest BCUT2D eigenvalue weighted by atomic mass is 32.2. The van der Waals surface area contributed by atoms with E-state index in [0.717, 1.165) is 11.8 Å². The molecule has 1 aromatic carbocycles. The van der Waals surface area contributed by atoms with Crippen molar-refractivity contribution in [3.8, 4) is 0 Å². The van der Waals surface area contributed by atoms with E-state index in [2.05, 4.69) is 10.3 Å². The molecule has 0 atom stereocenters. The van der Waals surface area contributed by atoms with Gasteiger partial charge in [-0.2, -0.15) is 0 Å². The zero-order chi connectivity index (χ0) is 11.5. The monoisotopic (exact) mass is 236 g/mol. The third kappa shape index (κ3) is 2.40. The maximum atomic E-state index is 10.9. The quantitative estimate of drug-likeness (QED) is 0.821. The summed E-state index contributed by atoms with van der Waals surface area (Å²) in [5.74, 6) is 0.154. The summed E-state index contributed by atoms with van der Waals surface area (Å²) in [7, 11) is 0. The van der Waals surface area contributed by atoms with E-state index in [4.69, 9.17) is 5.11 Å². The van der Waals surface area contributed by atoms with Crippen LogP contribution in [0.3, 0.4) is 0 Å². The van der Waals surface area contributed by atoms with Gasteiger partial charge >= 0.3 is 5.97 Å². The van der Waals surface area contributed by atoms with Gasteiger partial charge in [-0.25, -0.2) is 9.79 Å². The average Bonchev–Trinajstić information content (AvgIpc) is 2.65. The Balaban J connectivity index is 2.16. The number of aromatic carboxylic acids is 1. The molecule has 1 amide bonds. The number of carboxylic acid groups (broad SMARTS) is 1. The van der Waals surface area contributed by atoms with Crippen LogP contribution in [0.5, 0.6) is 0 Å². The lowest BCUT2D eigenvalue weighted by Crippen LogP contribution is -2.18. The summed E-state index contributed by atoms with van der Waals surface area (Å²) in [4.78, 5) is 25.7. The van der Waals surface area contributed by atoms with E-state index in [1.54, 1.807) is 12.1 Å². The van der Waals surface area contributed by atoms with Crippen LogP contribution in [0.15, 0.2) is 29.3 Å². The van der Waals surface area contributed by atoms with Crippen LogP contribution in [0.25, 0.3) is 0 Å². The highest BCUT2D eigenvalue weighted by Crippen LogP contribution is 2.16. The van der Waals surface area contributed by atoms with E-state index in [0.29, 0.717) is 17.3 Å². The van der Waals surface area contributed by atoms with Crippen LogP contribution in [-0.4, -0.2) is 27.9 Å². The van der Waals surface area contributed by atoms with E-state index in [-0.39, 0.29) is 10.8 Å². The zero-order valence-corrected chi connectivity index (χ0v) is 8.95. The molecule has 1 heterocycles. The van der Waals surface area contributed by atoms with Gasteiger partial charge in [0.25, 0.3) is 5.24 Å². The molecule has 1 aliphatic heterocycles. The Kier molecular flexibility index (Phi) is 2.91. The Morgan fingerprint density at radius 3 is 2.56 bits per heavy atom. The van der Waals surface area contributed by atoms with Gasteiger partial charge in [-0.05, 0) is 24.3 Å². The summed E-state index contributed by atoms with van der Waals surface area (Å²) in [5.41, 5.74) is 0.844. The Morgan fingerprint density at radius 1 is 1.38 bits per heavy atom. The second-order valence-corrected chi connectivity index (χ2v) is 4.06. The number of amides is 1. The second kappa shape index (κ2) is 4.36. The van der Waals surface area contributed by atoms with Gasteiger partial charge in [-0.1, -0.05) is 11.8 Å². The summed E-state index contributed by atoms with van der Waals surface area (Å²) in [6.07, 6.45) is 0. The summed E-state index contributed by atoms with van der Waals surface area (Å²) >= 11 is 1.16. The van der Waals surface area contributed by atoms with Crippen molar-refractivity contribution in [2.45, 2.75) is 0 Å². The molecular formula is C10H8N2O3S. The Hall–Kier alpha value is -1.82. The Labute approximate surface area is 95.6 Å². The minimum Gasteiger partial charge on any atom is -0.478 e. The van der Waals surface area contributed by atoms with Crippen LogP contribution in [0, 0.1) is 0 Å². The number of nitrogens with zero attached hydrogens (tertiary/aromatic N) is 1. The van der Waals surface area contributed by atoms with Crippen molar-refractivity contribution < 1.29 is 14.7 Å². The van der Waals surface area contributed by atoms with Gasteiger partial charge in [0.2, 0.25) is 0 Å². The molecule has 0 spiro atoms. The molecule has 0 unspecified atom stereocenters. The highest BCUT2D eigenvalue weighted by Gasteiger charge is 2.16. The summed E-state index contributed by atoms with van der Waals surface area (Å²) < 4.78 is 0. The average molecular weight is 236 g/mol. The number of carboxylic acids is 1. The van der Waals surface area contributed by atoms with Gasteiger partial charge in [0.1, 0.15) is 5.84 Å². The lowest BCUT2D eigenvalue weighted by Gasteiger charge is -1.98. The first-order chi connectivity index (χ1) is 7.65. The fourth-order valence-electron chi connectivity index (χ4n) is 1.22. The molecule has 82 valence electrons. The van der Waals surface area contributed by atoms with Crippen molar-refractivity contribution in [3.63, 3.8) is 0 Å². The van der Waals surface area contributed by atoms with Gasteiger partial charge in [-0.15, -0.1) is 0 Å². The van der Waals surface area contributed by atoms with Gasteiger partial charge in [0, 0.05) is 0 Å². The van der Waals surface area contributed by atoms with E-state index in [9.17, 15) is 9.59 Å². The van der Waals surface area contributed by atoms with E-state index in [1.165, 1.54) is 12.1 Å². The molecule has 2 rings (SSSR count). The molecular weight excluding hydrogens is 228 g/mol. The SMILES string of the molecule is O=C1NC(=Nc2ccc(C(=O)O)cc2)CS1. The minimum absolute atomic E-state index is 0.110. The van der Waals surface area contributed by atoms with Crippen molar-refractivity contribution >= 4 is 34.5 Å². The molecule has 2 N–H and O–H groups in total. The number of nitrogens with one attached hydrogen (secondary N) is 1. The third-order valence-corrected chi connectivity index (χ3v) is 2.75. The number of benzene rings is 1. The predicted octanol–water partition coefficient (Wildman–Crippen LogP) is 1.87. The first-order valence-electron chi connectivity index (χ1n) is 4.50. The number of aliphatic imine (C=N–C) groups is 1. The van der Waals surface area contributed by atoms with E-state index < -0.39 is 5.97 Å². The standard InChI is InChI=1S/C10H8N2O3S/c13-9(14)6-1-3-7(4-2-6)11-8-5-16-10(15)12-8/h1-4H,5H2,(H,13,14)(H,11,12,15). The highest BCUT2D eigenvalue weighted by molar-refractivity contribution is 8.14. The van der Waals surface area contributed by atoms with Crippen molar-refractivity contribution in [3.05, 3.63) is 29.8 Å². The molecule has 1 saturated heterocycles. The van der Waals surface area contributed by atoms with E-state index >= 15 is 0 Å². The minimum atomic E-state index is -0.969. The van der Waals surface area contributed by atoms with Crippen LogP contribution >= 0.6 is 11.8 Å². The molecule has 0 aliphatic carbocycles. The molecule has 0 saturated carbocycles. The molecule has 16 heavy (non-hydrogen) atoms. The molecule has 6 heteroatoms. The lowest BCUT2D eigenvalue weighted by atomic mass is 10.2. The number of rotatable bonds is 2. The van der Waals surface area contributed by atoms with Gasteiger partial charge in [0.05, 0.1) is 17.0 Å². The summed E-state index contributed by atoms with van der Waals surface area (Å²) in [6, 6.07) is 6.16. The number of carbonyl (C=O) groups excluding carboxylic acids is 1. The number of thioether (sulfide) groups is 1. The van der Waals surface area contributed by atoms with Crippen molar-refractivity contribution in [2.75, 3.05) is 5.75 Å². The maximum Gasteiger partial charge on any atom is 0.335 e. The van der Waals surface area contributed by atoms with Gasteiger partial charge in [0.15, 0.2) is 0 Å². The summed E-state index contributed by atoms with van der Waals surface area (Å²) in [6.45, 7) is 0. The van der Waals surface area contributed by atoms with Crippen molar-refractivity contribution in [1.82, 2.24) is 5.32 Å². The van der Waals surface area contributed by atoms with Crippen LogP contribution in [0.1, 0.15) is 10.4 Å². The fourth-order valence-corrected chi connectivity index (χ4v) is 1.81. The van der Waals surface area contributed by atoms with Crippen LogP contribution < -0.4 is 5.32 Å². The van der Waals surface area contributed by atoms with Crippen molar-refractivity contribution in [1.29, 1.82) is 0 Å². The fraction of sp³-hybridized carbons (Fsp3) is 0.100. The van der Waals surface area contributed by atoms with Crippen molar-refractivity contribution in [2.24, 2.45) is 4.99 Å². The zero-order valence-electron chi connectivity index (χ0n) is 8.14. The number of carbonyl (C=O) groups is 2. The van der Waals surface area contributed by atoms with Crippen LogP contribution in [0.2, 0.25) is 0 Å². The van der Waals surface area contributed by atoms with Crippen LogP contribution in [-0.2, 0) is 0 Å². The Bertz CT molecular complexity index is 467. The van der Waals surface area contributed by atoms with Gasteiger partial charge < -0.3 is 10.4 Å². The number of hydrogen-bond donors (Lipinski definition) is 2. The first-order valence-corrected chi connectivity index (χ1v) is 5.48. The molecule has 1 fully saturated rings. The van der Waals surface area contributed by atoms with Gasteiger partial charge in [-0.3, -0.25) is 4.79 Å².